The van der Waals surface area contributed by atoms with Crippen molar-refractivity contribution in [3.63, 3.8) is 0 Å². The first-order chi connectivity index (χ1) is 8.26. The number of benzene rings is 1. The molecule has 0 saturated heterocycles. The first-order valence-electron chi connectivity index (χ1n) is 5.76. The van der Waals surface area contributed by atoms with Gasteiger partial charge in [-0.25, -0.2) is 0 Å². The van der Waals surface area contributed by atoms with E-state index in [1.165, 1.54) is 12.8 Å². The van der Waals surface area contributed by atoms with Gasteiger partial charge in [0.25, 0.3) is 0 Å². The second-order valence-electron chi connectivity index (χ2n) is 4.25. The number of hydrogen-bond acceptors (Lipinski definition) is 3. The molecule has 17 heavy (non-hydrogen) atoms. The molecule has 1 aromatic rings. The lowest BCUT2D eigenvalue weighted by molar-refractivity contribution is 0.112. The maximum atomic E-state index is 10.7. The minimum atomic E-state index is 0.574. The normalized spacial score (nSPS) is 14.7. The summed E-state index contributed by atoms with van der Waals surface area (Å²) in [6, 6.07) is 6.01. The average molecular weight is 254 g/mol. The van der Waals surface area contributed by atoms with Crippen LogP contribution in [-0.4, -0.2) is 32.6 Å². The molecule has 0 N–H and O–H groups in total. The molecule has 0 aliphatic heterocycles. The molecule has 0 unspecified atom stereocenters. The summed E-state index contributed by atoms with van der Waals surface area (Å²) in [4.78, 5) is 12.9. The fourth-order valence-corrected chi connectivity index (χ4v) is 2.20. The Morgan fingerprint density at radius 3 is 2.82 bits per heavy atom. The molecule has 0 radical (unpaired) electrons. The maximum Gasteiger partial charge on any atom is 0.150 e. The molecular formula is C13H16ClNO2. The van der Waals surface area contributed by atoms with Crippen LogP contribution in [0.3, 0.4) is 0 Å². The quantitative estimate of drug-likeness (QED) is 0.730. The summed E-state index contributed by atoms with van der Waals surface area (Å²) in [5, 5.41) is 0.637. The lowest BCUT2D eigenvalue weighted by Gasteiger charge is -2.25. The van der Waals surface area contributed by atoms with Crippen LogP contribution in [-0.2, 0) is 4.74 Å². The smallest absolute Gasteiger partial charge is 0.150 e. The summed E-state index contributed by atoms with van der Waals surface area (Å²) in [7, 11) is 1.70. The predicted octanol–water partition coefficient (Wildman–Crippen LogP) is 2.77. The summed E-state index contributed by atoms with van der Waals surface area (Å²) in [6.45, 7) is 1.52. The van der Waals surface area contributed by atoms with Crippen LogP contribution >= 0.6 is 11.6 Å². The highest BCUT2D eigenvalue weighted by Crippen LogP contribution is 2.35. The van der Waals surface area contributed by atoms with Gasteiger partial charge in [-0.2, -0.15) is 0 Å². The van der Waals surface area contributed by atoms with Crippen molar-refractivity contribution in [1.82, 2.24) is 0 Å². The molecule has 1 aliphatic carbocycles. The Labute approximate surface area is 106 Å². The molecule has 0 heterocycles. The average Bonchev–Trinajstić information content (AvgIpc) is 3.15. The van der Waals surface area contributed by atoms with Gasteiger partial charge in [0.15, 0.2) is 0 Å². The molecule has 1 saturated carbocycles. The third-order valence-corrected chi connectivity index (χ3v) is 3.24. The zero-order valence-electron chi connectivity index (χ0n) is 9.86. The molecular weight excluding hydrogens is 238 g/mol. The van der Waals surface area contributed by atoms with E-state index in [1.54, 1.807) is 19.2 Å². The van der Waals surface area contributed by atoms with Crippen molar-refractivity contribution >= 4 is 23.6 Å². The van der Waals surface area contributed by atoms with E-state index in [2.05, 4.69) is 4.90 Å². The van der Waals surface area contributed by atoms with Crippen LogP contribution in [0.2, 0.25) is 5.02 Å². The van der Waals surface area contributed by atoms with Crippen LogP contribution in [0.25, 0.3) is 0 Å². The fourth-order valence-electron chi connectivity index (χ4n) is 1.90. The van der Waals surface area contributed by atoms with Gasteiger partial charge in [0.05, 0.1) is 17.3 Å². The second kappa shape index (κ2) is 5.52. The number of carbonyl (C=O) groups excluding carboxylic acids is 1. The number of methoxy groups -OCH3 is 1. The van der Waals surface area contributed by atoms with Gasteiger partial charge in [0.1, 0.15) is 6.29 Å². The summed E-state index contributed by atoms with van der Waals surface area (Å²) >= 11 is 6.21. The SMILES string of the molecule is COCCN(c1ccc(C=O)cc1Cl)C1CC1. The fraction of sp³-hybridized carbons (Fsp3) is 0.462. The number of anilines is 1. The van der Waals surface area contributed by atoms with E-state index in [9.17, 15) is 4.79 Å². The number of rotatable bonds is 6. The van der Waals surface area contributed by atoms with E-state index in [0.717, 1.165) is 18.5 Å². The Morgan fingerprint density at radius 2 is 2.29 bits per heavy atom. The second-order valence-corrected chi connectivity index (χ2v) is 4.65. The van der Waals surface area contributed by atoms with Crippen LogP contribution in [0, 0.1) is 0 Å². The third-order valence-electron chi connectivity index (χ3n) is 2.94. The van der Waals surface area contributed by atoms with E-state index in [4.69, 9.17) is 16.3 Å². The first-order valence-corrected chi connectivity index (χ1v) is 6.14. The van der Waals surface area contributed by atoms with E-state index in [1.807, 2.05) is 6.07 Å². The molecule has 1 aliphatic rings. The van der Waals surface area contributed by atoms with Gasteiger partial charge in [-0.15, -0.1) is 0 Å². The van der Waals surface area contributed by atoms with Crippen LogP contribution < -0.4 is 4.90 Å². The Balaban J connectivity index is 2.19. The Kier molecular flexibility index (Phi) is 4.02. The summed E-state index contributed by atoms with van der Waals surface area (Å²) in [6.07, 6.45) is 3.22. The van der Waals surface area contributed by atoms with Gasteiger partial charge in [-0.1, -0.05) is 11.6 Å². The van der Waals surface area contributed by atoms with E-state index in [0.29, 0.717) is 23.2 Å². The molecule has 0 amide bonds. The maximum absolute atomic E-state index is 10.7. The van der Waals surface area contributed by atoms with Gasteiger partial charge >= 0.3 is 0 Å². The monoisotopic (exact) mass is 253 g/mol. The minimum absolute atomic E-state index is 0.574. The summed E-state index contributed by atoms with van der Waals surface area (Å²) in [5.41, 5.74) is 1.61. The van der Waals surface area contributed by atoms with Crippen LogP contribution in [0.4, 0.5) is 5.69 Å². The molecule has 1 aromatic carbocycles. The van der Waals surface area contributed by atoms with Crippen molar-refractivity contribution in [2.45, 2.75) is 18.9 Å². The van der Waals surface area contributed by atoms with Gasteiger partial charge in [0.2, 0.25) is 0 Å². The molecule has 0 spiro atoms. The summed E-state index contributed by atoms with van der Waals surface area (Å²) in [5.74, 6) is 0. The lowest BCUT2D eigenvalue weighted by atomic mass is 10.2. The number of hydrogen-bond donors (Lipinski definition) is 0. The van der Waals surface area contributed by atoms with Gasteiger partial charge < -0.3 is 9.64 Å². The number of halogens is 1. The molecule has 0 aromatic heterocycles. The molecule has 2 rings (SSSR count). The third kappa shape index (κ3) is 2.99. The van der Waals surface area contributed by atoms with Crippen LogP contribution in [0.5, 0.6) is 0 Å². The zero-order chi connectivity index (χ0) is 12.3. The standard InChI is InChI=1S/C13H16ClNO2/c1-17-7-6-15(11-3-4-11)13-5-2-10(9-16)8-12(13)14/h2,5,8-9,11H,3-4,6-7H2,1H3. The van der Waals surface area contributed by atoms with E-state index < -0.39 is 0 Å². The topological polar surface area (TPSA) is 29.5 Å². The zero-order valence-corrected chi connectivity index (χ0v) is 10.6. The molecule has 0 atom stereocenters. The number of carbonyl (C=O) groups is 1. The van der Waals surface area contributed by atoms with Crippen molar-refractivity contribution in [2.24, 2.45) is 0 Å². The highest BCUT2D eigenvalue weighted by Gasteiger charge is 2.30. The van der Waals surface area contributed by atoms with Crippen molar-refractivity contribution < 1.29 is 9.53 Å². The van der Waals surface area contributed by atoms with Gasteiger partial charge in [0, 0.05) is 25.3 Å². The highest BCUT2D eigenvalue weighted by atomic mass is 35.5. The van der Waals surface area contributed by atoms with Gasteiger partial charge in [-0.3, -0.25) is 4.79 Å². The largest absolute Gasteiger partial charge is 0.383 e. The van der Waals surface area contributed by atoms with Crippen molar-refractivity contribution in [1.29, 1.82) is 0 Å². The first kappa shape index (κ1) is 12.4. The lowest BCUT2D eigenvalue weighted by Crippen LogP contribution is -2.29. The Hall–Kier alpha value is -1.06. The number of aldehydes is 1. The Bertz CT molecular complexity index is 404. The van der Waals surface area contributed by atoms with Crippen LogP contribution in [0.1, 0.15) is 23.2 Å². The predicted molar refractivity (Wildman–Crippen MR) is 69.1 cm³/mol. The molecule has 92 valence electrons. The van der Waals surface area contributed by atoms with Crippen molar-refractivity contribution in [3.05, 3.63) is 28.8 Å². The highest BCUT2D eigenvalue weighted by molar-refractivity contribution is 6.33. The van der Waals surface area contributed by atoms with Crippen LogP contribution in [0.15, 0.2) is 18.2 Å². The molecule has 1 fully saturated rings. The van der Waals surface area contributed by atoms with Crippen molar-refractivity contribution in [3.8, 4) is 0 Å². The summed E-state index contributed by atoms with van der Waals surface area (Å²) < 4.78 is 5.12. The van der Waals surface area contributed by atoms with Crippen molar-refractivity contribution in [2.75, 3.05) is 25.2 Å². The molecule has 4 heteroatoms. The molecule has 0 bridgehead atoms. The van der Waals surface area contributed by atoms with E-state index in [-0.39, 0.29) is 0 Å². The number of nitrogens with zero attached hydrogens (tertiary/aromatic N) is 1. The Morgan fingerprint density at radius 1 is 1.53 bits per heavy atom. The minimum Gasteiger partial charge on any atom is -0.383 e. The van der Waals surface area contributed by atoms with E-state index >= 15 is 0 Å². The van der Waals surface area contributed by atoms with Gasteiger partial charge in [-0.05, 0) is 31.0 Å². The molecule has 3 nitrogen and oxygen atoms in total. The number of ether oxygens (including phenoxy) is 1.